The van der Waals surface area contributed by atoms with Crippen LogP contribution in [0.1, 0.15) is 17.8 Å². The quantitative estimate of drug-likeness (QED) is 0.694. The van der Waals surface area contributed by atoms with E-state index in [9.17, 15) is 4.39 Å². The lowest BCUT2D eigenvalue weighted by Crippen LogP contribution is -1.89. The topological polar surface area (TPSA) is 36.7 Å². The first-order valence-electron chi connectivity index (χ1n) is 3.90. The van der Waals surface area contributed by atoms with Crippen molar-refractivity contribution >= 4 is 6.08 Å². The van der Waals surface area contributed by atoms with Crippen molar-refractivity contribution in [1.29, 1.82) is 5.26 Å². The number of nitrogens with zero attached hydrogens (tertiary/aromatic N) is 2. The lowest BCUT2D eigenvalue weighted by atomic mass is 10.2. The van der Waals surface area contributed by atoms with Gasteiger partial charge in [0.1, 0.15) is 5.82 Å². The van der Waals surface area contributed by atoms with Gasteiger partial charge in [-0.25, -0.2) is 4.39 Å². The average Bonchev–Trinajstić information content (AvgIpc) is 2.11. The van der Waals surface area contributed by atoms with E-state index in [4.69, 9.17) is 5.26 Å². The highest BCUT2D eigenvalue weighted by Crippen LogP contribution is 2.07. The molecule has 1 aromatic heterocycles. The lowest BCUT2D eigenvalue weighted by molar-refractivity contribution is 0.616. The summed E-state index contributed by atoms with van der Waals surface area (Å²) in [5.74, 6) is -0.361. The van der Waals surface area contributed by atoms with Crippen LogP contribution in [0.5, 0.6) is 0 Å². The molecule has 2 nitrogen and oxygen atoms in total. The molecule has 0 bridgehead atoms. The van der Waals surface area contributed by atoms with E-state index < -0.39 is 0 Å². The van der Waals surface area contributed by atoms with Crippen LogP contribution in [0.25, 0.3) is 6.08 Å². The van der Waals surface area contributed by atoms with E-state index in [0.717, 1.165) is 5.69 Å². The monoisotopic (exact) mass is 176 g/mol. The normalized spacial score (nSPS) is 10.2. The third-order valence-corrected chi connectivity index (χ3v) is 1.50. The number of pyridine rings is 1. The minimum absolute atomic E-state index is 0.273. The molecule has 13 heavy (non-hydrogen) atoms. The Labute approximate surface area is 76.3 Å². The summed E-state index contributed by atoms with van der Waals surface area (Å²) in [7, 11) is 0. The summed E-state index contributed by atoms with van der Waals surface area (Å²) in [6.45, 7) is 1.79. The van der Waals surface area contributed by atoms with Crippen molar-refractivity contribution in [3.8, 4) is 6.07 Å². The first-order chi connectivity index (χ1) is 6.24. The summed E-state index contributed by atoms with van der Waals surface area (Å²) in [4.78, 5) is 3.97. The molecule has 0 radical (unpaired) electrons. The van der Waals surface area contributed by atoms with E-state index in [-0.39, 0.29) is 17.9 Å². The van der Waals surface area contributed by atoms with Gasteiger partial charge in [-0.3, -0.25) is 4.98 Å². The maximum absolute atomic E-state index is 13.0. The Hall–Kier alpha value is -1.69. The van der Waals surface area contributed by atoms with Crippen LogP contribution in [0.3, 0.4) is 0 Å². The number of aryl methyl sites for hydroxylation is 1. The van der Waals surface area contributed by atoms with Crippen LogP contribution >= 0.6 is 0 Å². The summed E-state index contributed by atoms with van der Waals surface area (Å²) >= 11 is 0. The van der Waals surface area contributed by atoms with Gasteiger partial charge in [0.15, 0.2) is 0 Å². The fraction of sp³-hybridized carbons (Fsp3) is 0.200. The molecule has 0 fully saturated rings. The average molecular weight is 176 g/mol. The first-order valence-corrected chi connectivity index (χ1v) is 3.90. The standard InChI is InChI=1S/C10H9FN2/c1-8-5-6-9(11)10(13-8)4-2-3-7-12/h2,4-6H,3H2,1H3. The summed E-state index contributed by atoms with van der Waals surface area (Å²) in [5, 5.41) is 8.25. The van der Waals surface area contributed by atoms with Crippen molar-refractivity contribution in [2.45, 2.75) is 13.3 Å². The molecule has 0 amide bonds. The van der Waals surface area contributed by atoms with E-state index in [2.05, 4.69) is 4.98 Å². The highest BCUT2D eigenvalue weighted by atomic mass is 19.1. The van der Waals surface area contributed by atoms with Gasteiger partial charge in [-0.2, -0.15) is 5.26 Å². The first kappa shape index (κ1) is 9.40. The number of allylic oxidation sites excluding steroid dienone is 1. The van der Waals surface area contributed by atoms with Crippen LogP contribution in [0, 0.1) is 24.1 Å². The molecule has 0 unspecified atom stereocenters. The van der Waals surface area contributed by atoms with Gasteiger partial charge in [0.2, 0.25) is 0 Å². The number of nitriles is 1. The molecule has 0 saturated carbocycles. The highest BCUT2D eigenvalue weighted by Gasteiger charge is 1.98. The second kappa shape index (κ2) is 4.36. The van der Waals surface area contributed by atoms with Crippen LogP contribution in [0.4, 0.5) is 4.39 Å². The van der Waals surface area contributed by atoms with Crippen LogP contribution < -0.4 is 0 Å². The molecule has 1 rings (SSSR count). The van der Waals surface area contributed by atoms with Crippen LogP contribution in [0.15, 0.2) is 18.2 Å². The fourth-order valence-electron chi connectivity index (χ4n) is 0.900. The third kappa shape index (κ3) is 2.68. The number of halogens is 1. The number of hydrogen-bond donors (Lipinski definition) is 0. The zero-order valence-corrected chi connectivity index (χ0v) is 7.29. The molecule has 0 spiro atoms. The molecule has 0 aliphatic rings. The molecule has 0 atom stereocenters. The van der Waals surface area contributed by atoms with Crippen molar-refractivity contribution in [3.05, 3.63) is 35.4 Å². The minimum atomic E-state index is -0.361. The Balaban J connectivity index is 2.88. The third-order valence-electron chi connectivity index (χ3n) is 1.50. The van der Waals surface area contributed by atoms with E-state index in [0.29, 0.717) is 0 Å². The van der Waals surface area contributed by atoms with E-state index in [1.807, 2.05) is 6.07 Å². The van der Waals surface area contributed by atoms with E-state index in [1.165, 1.54) is 12.1 Å². The molecule has 0 aliphatic carbocycles. The SMILES string of the molecule is Cc1ccc(F)c(C=CCC#N)n1. The second-order valence-corrected chi connectivity index (χ2v) is 2.58. The second-order valence-electron chi connectivity index (χ2n) is 2.58. The van der Waals surface area contributed by atoms with E-state index >= 15 is 0 Å². The van der Waals surface area contributed by atoms with Crippen LogP contribution in [-0.2, 0) is 0 Å². The number of aromatic nitrogens is 1. The van der Waals surface area contributed by atoms with Gasteiger partial charge in [-0.05, 0) is 25.1 Å². The van der Waals surface area contributed by atoms with Gasteiger partial charge in [-0.1, -0.05) is 6.08 Å². The summed E-state index contributed by atoms with van der Waals surface area (Å²) in [6.07, 6.45) is 3.38. The van der Waals surface area contributed by atoms with Gasteiger partial charge in [0.05, 0.1) is 18.2 Å². The number of hydrogen-bond acceptors (Lipinski definition) is 2. The zero-order valence-electron chi connectivity index (χ0n) is 7.29. The highest BCUT2D eigenvalue weighted by molar-refractivity contribution is 5.45. The largest absolute Gasteiger partial charge is 0.251 e. The molecule has 0 aliphatic heterocycles. The van der Waals surface area contributed by atoms with Gasteiger partial charge in [0, 0.05) is 5.69 Å². The molecule has 1 heterocycles. The molecular weight excluding hydrogens is 167 g/mol. The zero-order chi connectivity index (χ0) is 9.68. The predicted molar refractivity (Wildman–Crippen MR) is 48.2 cm³/mol. The Morgan fingerprint density at radius 2 is 2.38 bits per heavy atom. The predicted octanol–water partition coefficient (Wildman–Crippen LogP) is 2.46. The van der Waals surface area contributed by atoms with Crippen LogP contribution in [0.2, 0.25) is 0 Å². The molecular formula is C10H9FN2. The van der Waals surface area contributed by atoms with Gasteiger partial charge in [0.25, 0.3) is 0 Å². The fourth-order valence-corrected chi connectivity index (χ4v) is 0.900. The van der Waals surface area contributed by atoms with Gasteiger partial charge >= 0.3 is 0 Å². The Bertz CT molecular complexity index is 364. The van der Waals surface area contributed by atoms with Gasteiger partial charge in [-0.15, -0.1) is 0 Å². The minimum Gasteiger partial charge on any atom is -0.251 e. The molecule has 0 saturated heterocycles. The van der Waals surface area contributed by atoms with Crippen molar-refractivity contribution in [1.82, 2.24) is 4.98 Å². The van der Waals surface area contributed by atoms with Crippen molar-refractivity contribution in [2.24, 2.45) is 0 Å². The molecule has 3 heteroatoms. The Morgan fingerprint density at radius 3 is 3.08 bits per heavy atom. The Morgan fingerprint density at radius 1 is 1.62 bits per heavy atom. The molecule has 0 N–H and O–H groups in total. The molecule has 1 aromatic rings. The summed E-state index contributed by atoms with van der Waals surface area (Å²) in [6, 6.07) is 4.91. The van der Waals surface area contributed by atoms with E-state index in [1.54, 1.807) is 19.1 Å². The van der Waals surface area contributed by atoms with Crippen molar-refractivity contribution in [3.63, 3.8) is 0 Å². The maximum atomic E-state index is 13.0. The molecule has 0 aromatic carbocycles. The lowest BCUT2D eigenvalue weighted by Gasteiger charge is -1.96. The number of rotatable bonds is 2. The smallest absolute Gasteiger partial charge is 0.148 e. The van der Waals surface area contributed by atoms with Gasteiger partial charge < -0.3 is 0 Å². The van der Waals surface area contributed by atoms with Crippen LogP contribution in [-0.4, -0.2) is 4.98 Å². The summed E-state index contributed by atoms with van der Waals surface area (Å²) < 4.78 is 13.0. The van der Waals surface area contributed by atoms with Crippen molar-refractivity contribution in [2.75, 3.05) is 0 Å². The summed E-state index contributed by atoms with van der Waals surface area (Å²) in [5.41, 5.74) is 1.05. The Kier molecular flexibility index (Phi) is 3.15. The maximum Gasteiger partial charge on any atom is 0.148 e. The molecule has 66 valence electrons. The van der Waals surface area contributed by atoms with Crippen molar-refractivity contribution < 1.29 is 4.39 Å².